The molecule has 2 rings (SSSR count). The van der Waals surface area contributed by atoms with Crippen molar-refractivity contribution in [2.24, 2.45) is 10.7 Å². The van der Waals surface area contributed by atoms with Crippen molar-refractivity contribution >= 4 is 24.0 Å². The smallest absolute Gasteiger partial charge is 0.255 e. The summed E-state index contributed by atoms with van der Waals surface area (Å²) in [5, 5.41) is 19.5. The maximum atomic E-state index is 12.4. The molecule has 0 bridgehead atoms. The van der Waals surface area contributed by atoms with Crippen molar-refractivity contribution in [1.82, 2.24) is 0 Å². The molecule has 0 fully saturated rings. The Kier molecular flexibility index (Phi) is 6.90. The highest BCUT2D eigenvalue weighted by Gasteiger charge is 2.10. The first-order valence-corrected chi connectivity index (χ1v) is 7.99. The molecule has 0 aliphatic heterocycles. The summed E-state index contributed by atoms with van der Waals surface area (Å²) in [7, 11) is 1.44. The second kappa shape index (κ2) is 9.57. The highest BCUT2D eigenvalue weighted by Crippen LogP contribution is 2.26. The van der Waals surface area contributed by atoms with Crippen LogP contribution in [0.25, 0.3) is 0 Å². The largest absolute Gasteiger partial charge is 0.504 e. The van der Waals surface area contributed by atoms with Crippen molar-refractivity contribution in [3.05, 3.63) is 77.6 Å². The fraction of sp³-hybridized carbons (Fsp3) is 0.0500. The monoisotopic (exact) mass is 364 g/mol. The standard InChI is InChI=1S/C20H20N4O3/c1-27-19-8-7-15(11-18(19)25)20(26)24-16-5-2-4-14(10-16)13-23-17(12-22)6-3-9-21/h2-13,21,25H,22H2,1H3,(H,24,26)/b6-3-,17-12-,21-9?,23-13+. The molecule has 7 heteroatoms. The highest BCUT2D eigenvalue weighted by atomic mass is 16.5. The molecule has 2 aromatic carbocycles. The van der Waals surface area contributed by atoms with Gasteiger partial charge in [-0.2, -0.15) is 0 Å². The Bertz CT molecular complexity index is 917. The van der Waals surface area contributed by atoms with Gasteiger partial charge in [-0.05, 0) is 48.0 Å². The SMILES string of the molecule is COc1ccc(C(=O)Nc2cccc(/C=N/C(/C=C\C=N)=C\N)c2)cc1O. The molecule has 0 atom stereocenters. The summed E-state index contributed by atoms with van der Waals surface area (Å²) in [6.45, 7) is 0. The molecule has 0 aliphatic rings. The number of nitrogens with zero attached hydrogens (tertiary/aromatic N) is 1. The number of methoxy groups -OCH3 is 1. The maximum absolute atomic E-state index is 12.4. The Morgan fingerprint density at radius 1 is 1.30 bits per heavy atom. The maximum Gasteiger partial charge on any atom is 0.255 e. The molecular weight excluding hydrogens is 344 g/mol. The summed E-state index contributed by atoms with van der Waals surface area (Å²) in [5.74, 6) is -0.172. The number of ether oxygens (including phenoxy) is 1. The Morgan fingerprint density at radius 3 is 2.78 bits per heavy atom. The lowest BCUT2D eigenvalue weighted by Crippen LogP contribution is -2.12. The lowest BCUT2D eigenvalue weighted by atomic mass is 10.1. The molecule has 0 saturated carbocycles. The first-order chi connectivity index (χ1) is 13.1. The molecule has 2 aromatic rings. The fourth-order valence-electron chi connectivity index (χ4n) is 2.17. The van der Waals surface area contributed by atoms with Crippen LogP contribution in [0.15, 0.2) is 71.5 Å². The van der Waals surface area contributed by atoms with E-state index < -0.39 is 0 Å². The Balaban J connectivity index is 2.13. The van der Waals surface area contributed by atoms with E-state index in [-0.39, 0.29) is 11.7 Å². The molecule has 5 N–H and O–H groups in total. The number of rotatable bonds is 7. The van der Waals surface area contributed by atoms with Gasteiger partial charge in [0.15, 0.2) is 11.5 Å². The van der Waals surface area contributed by atoms with Crippen molar-refractivity contribution in [2.45, 2.75) is 0 Å². The number of hydrogen-bond acceptors (Lipinski definition) is 6. The summed E-state index contributed by atoms with van der Waals surface area (Å²) in [5.41, 5.74) is 7.62. The van der Waals surface area contributed by atoms with E-state index in [0.29, 0.717) is 22.7 Å². The van der Waals surface area contributed by atoms with Gasteiger partial charge in [0.1, 0.15) is 0 Å². The third kappa shape index (κ3) is 5.57. The van der Waals surface area contributed by atoms with Crippen LogP contribution in [0, 0.1) is 5.41 Å². The number of hydrogen-bond donors (Lipinski definition) is 4. The van der Waals surface area contributed by atoms with Crippen LogP contribution in [0.1, 0.15) is 15.9 Å². The molecule has 7 nitrogen and oxygen atoms in total. The van der Waals surface area contributed by atoms with Gasteiger partial charge in [0.25, 0.3) is 5.91 Å². The van der Waals surface area contributed by atoms with Gasteiger partial charge in [0.2, 0.25) is 0 Å². The average Bonchev–Trinajstić information content (AvgIpc) is 2.68. The second-order valence-corrected chi connectivity index (χ2v) is 5.34. The van der Waals surface area contributed by atoms with Crippen LogP contribution in [0.4, 0.5) is 5.69 Å². The number of allylic oxidation sites excluding steroid dienone is 2. The molecule has 0 spiro atoms. The van der Waals surface area contributed by atoms with Gasteiger partial charge < -0.3 is 26.3 Å². The molecular formula is C20H20N4O3. The Labute approximate surface area is 157 Å². The van der Waals surface area contributed by atoms with Crippen molar-refractivity contribution in [1.29, 1.82) is 5.41 Å². The minimum Gasteiger partial charge on any atom is -0.504 e. The number of benzene rings is 2. The third-order valence-corrected chi connectivity index (χ3v) is 3.48. The number of carbonyl (C=O) groups excluding carboxylic acids is 1. The van der Waals surface area contributed by atoms with Crippen LogP contribution < -0.4 is 15.8 Å². The van der Waals surface area contributed by atoms with E-state index >= 15 is 0 Å². The van der Waals surface area contributed by atoms with Crippen molar-refractivity contribution < 1.29 is 14.6 Å². The van der Waals surface area contributed by atoms with E-state index in [9.17, 15) is 9.90 Å². The first kappa shape index (κ1) is 19.5. The minimum atomic E-state index is -0.362. The van der Waals surface area contributed by atoms with Gasteiger partial charge in [0.05, 0.1) is 12.8 Å². The van der Waals surface area contributed by atoms with Gasteiger partial charge in [0, 0.05) is 29.9 Å². The predicted molar refractivity (Wildman–Crippen MR) is 107 cm³/mol. The normalized spacial score (nSPS) is 11.7. The van der Waals surface area contributed by atoms with Crippen molar-refractivity contribution in [2.75, 3.05) is 12.4 Å². The number of phenols is 1. The van der Waals surface area contributed by atoms with E-state index in [4.69, 9.17) is 15.9 Å². The molecule has 0 unspecified atom stereocenters. The highest BCUT2D eigenvalue weighted by molar-refractivity contribution is 6.05. The van der Waals surface area contributed by atoms with Crippen LogP contribution in [-0.4, -0.2) is 30.6 Å². The van der Waals surface area contributed by atoms with E-state index in [1.54, 1.807) is 36.6 Å². The molecule has 0 aliphatic carbocycles. The second-order valence-electron chi connectivity index (χ2n) is 5.34. The number of aromatic hydroxyl groups is 1. The van der Waals surface area contributed by atoms with Gasteiger partial charge in [-0.3, -0.25) is 9.79 Å². The summed E-state index contributed by atoms with van der Waals surface area (Å²) in [6.07, 6.45) is 7.18. The summed E-state index contributed by atoms with van der Waals surface area (Å²) >= 11 is 0. The predicted octanol–water partition coefficient (Wildman–Crippen LogP) is 3.08. The van der Waals surface area contributed by atoms with Crippen LogP contribution in [-0.2, 0) is 0 Å². The van der Waals surface area contributed by atoms with Crippen LogP contribution in [0.5, 0.6) is 11.5 Å². The molecule has 0 saturated heterocycles. The molecule has 138 valence electrons. The van der Waals surface area contributed by atoms with Gasteiger partial charge in [-0.25, -0.2) is 0 Å². The van der Waals surface area contributed by atoms with Crippen LogP contribution in [0.3, 0.4) is 0 Å². The quantitative estimate of drug-likeness (QED) is 0.445. The zero-order valence-corrected chi connectivity index (χ0v) is 14.7. The summed E-state index contributed by atoms with van der Waals surface area (Å²) in [4.78, 5) is 16.6. The van der Waals surface area contributed by atoms with Crippen molar-refractivity contribution in [3.63, 3.8) is 0 Å². The van der Waals surface area contributed by atoms with Gasteiger partial charge in [-0.15, -0.1) is 0 Å². The van der Waals surface area contributed by atoms with E-state index in [1.807, 2.05) is 6.07 Å². The lowest BCUT2D eigenvalue weighted by Gasteiger charge is -2.08. The van der Waals surface area contributed by atoms with Gasteiger partial charge in [-0.1, -0.05) is 12.1 Å². The summed E-state index contributed by atoms with van der Waals surface area (Å²) < 4.78 is 4.97. The Morgan fingerprint density at radius 2 is 2.11 bits per heavy atom. The number of phenolic OH excluding ortho intramolecular Hbond substituents is 1. The first-order valence-electron chi connectivity index (χ1n) is 7.99. The number of anilines is 1. The summed E-state index contributed by atoms with van der Waals surface area (Å²) in [6, 6.07) is 11.5. The van der Waals surface area contributed by atoms with E-state index in [1.165, 1.54) is 31.5 Å². The molecule has 1 amide bonds. The number of amides is 1. The zero-order valence-electron chi connectivity index (χ0n) is 14.7. The third-order valence-electron chi connectivity index (χ3n) is 3.48. The lowest BCUT2D eigenvalue weighted by molar-refractivity contribution is 0.102. The molecule has 0 heterocycles. The molecule has 0 radical (unpaired) electrons. The van der Waals surface area contributed by atoms with E-state index in [2.05, 4.69) is 10.3 Å². The number of aliphatic imine (C=N–C) groups is 1. The number of nitrogens with two attached hydrogens (primary N) is 1. The fourth-order valence-corrected chi connectivity index (χ4v) is 2.17. The van der Waals surface area contributed by atoms with Crippen LogP contribution in [0.2, 0.25) is 0 Å². The minimum absolute atomic E-state index is 0.106. The number of carbonyl (C=O) groups is 1. The van der Waals surface area contributed by atoms with E-state index in [0.717, 1.165) is 11.8 Å². The van der Waals surface area contributed by atoms with Gasteiger partial charge >= 0.3 is 0 Å². The topological polar surface area (TPSA) is 121 Å². The van der Waals surface area contributed by atoms with Crippen LogP contribution >= 0.6 is 0 Å². The van der Waals surface area contributed by atoms with Crippen molar-refractivity contribution in [3.8, 4) is 11.5 Å². The Hall–Kier alpha value is -3.87. The average molecular weight is 364 g/mol. The number of nitrogens with one attached hydrogen (secondary N) is 2. The molecule has 0 aromatic heterocycles. The molecule has 27 heavy (non-hydrogen) atoms. The zero-order chi connectivity index (χ0) is 19.6.